The quantitative estimate of drug-likeness (QED) is 0.919. The van der Waals surface area contributed by atoms with Gasteiger partial charge in [0.1, 0.15) is 0 Å². The second-order valence-corrected chi connectivity index (χ2v) is 7.16. The van der Waals surface area contributed by atoms with Crippen molar-refractivity contribution in [1.82, 2.24) is 10.2 Å². The van der Waals surface area contributed by atoms with Crippen LogP contribution in [-0.4, -0.2) is 29.8 Å². The molecule has 1 fully saturated rings. The van der Waals surface area contributed by atoms with Crippen LogP contribution in [0.2, 0.25) is 0 Å². The summed E-state index contributed by atoms with van der Waals surface area (Å²) >= 11 is 0. The summed E-state index contributed by atoms with van der Waals surface area (Å²) in [4.78, 5) is 27.6. The zero-order valence-corrected chi connectivity index (χ0v) is 14.9. The van der Waals surface area contributed by atoms with Crippen molar-refractivity contribution in [3.05, 3.63) is 70.8 Å². The van der Waals surface area contributed by atoms with E-state index in [1.165, 1.54) is 11.1 Å². The minimum absolute atomic E-state index is 0.0161. The van der Waals surface area contributed by atoms with Gasteiger partial charge in [0, 0.05) is 13.1 Å². The van der Waals surface area contributed by atoms with Crippen LogP contribution in [0.25, 0.3) is 0 Å². The highest BCUT2D eigenvalue weighted by molar-refractivity contribution is 6.07. The van der Waals surface area contributed by atoms with Gasteiger partial charge < -0.3 is 10.2 Å². The molecule has 2 aromatic rings. The van der Waals surface area contributed by atoms with Gasteiger partial charge in [-0.05, 0) is 55.4 Å². The van der Waals surface area contributed by atoms with E-state index in [0.29, 0.717) is 11.1 Å². The molecule has 0 aromatic heterocycles. The van der Waals surface area contributed by atoms with Gasteiger partial charge in [0.15, 0.2) is 0 Å². The lowest BCUT2D eigenvalue weighted by atomic mass is 9.87. The summed E-state index contributed by atoms with van der Waals surface area (Å²) in [5.41, 5.74) is 3.50. The van der Waals surface area contributed by atoms with Gasteiger partial charge in [0.05, 0.1) is 17.2 Å². The fraction of sp³-hybridized carbons (Fsp3) is 0.364. The summed E-state index contributed by atoms with van der Waals surface area (Å²) in [5, 5.41) is 3.17. The van der Waals surface area contributed by atoms with E-state index in [1.807, 2.05) is 29.2 Å². The Balaban J connectivity index is 1.57. The second-order valence-electron chi connectivity index (χ2n) is 7.16. The smallest absolute Gasteiger partial charge is 0.254 e. The monoisotopic (exact) mass is 348 g/mol. The van der Waals surface area contributed by atoms with E-state index in [1.54, 1.807) is 12.1 Å². The zero-order valence-electron chi connectivity index (χ0n) is 14.9. The van der Waals surface area contributed by atoms with Crippen molar-refractivity contribution < 1.29 is 9.59 Å². The topological polar surface area (TPSA) is 49.4 Å². The van der Waals surface area contributed by atoms with Gasteiger partial charge in [-0.2, -0.15) is 0 Å². The second kappa shape index (κ2) is 7.32. The number of nitrogens with zero attached hydrogens (tertiary/aromatic N) is 1. The molecule has 1 aliphatic heterocycles. The predicted molar refractivity (Wildman–Crippen MR) is 101 cm³/mol. The summed E-state index contributed by atoms with van der Waals surface area (Å²) in [6.45, 7) is 1.57. The predicted octanol–water partition coefficient (Wildman–Crippen LogP) is 3.73. The van der Waals surface area contributed by atoms with Crippen LogP contribution < -0.4 is 5.32 Å². The van der Waals surface area contributed by atoms with Crippen LogP contribution in [0.3, 0.4) is 0 Å². The van der Waals surface area contributed by atoms with Crippen molar-refractivity contribution in [2.24, 2.45) is 0 Å². The molecule has 1 atom stereocenters. The van der Waals surface area contributed by atoms with Gasteiger partial charge in [-0.1, -0.05) is 36.4 Å². The molecule has 134 valence electrons. The molecule has 1 saturated heterocycles. The van der Waals surface area contributed by atoms with Crippen molar-refractivity contribution in [2.45, 2.75) is 38.1 Å². The Hall–Kier alpha value is -2.62. The molecule has 1 aliphatic carbocycles. The third-order valence-corrected chi connectivity index (χ3v) is 5.47. The van der Waals surface area contributed by atoms with Gasteiger partial charge in [0.2, 0.25) is 0 Å². The highest BCUT2D eigenvalue weighted by Crippen LogP contribution is 2.30. The average Bonchev–Trinajstić information content (AvgIpc) is 3.22. The maximum Gasteiger partial charge on any atom is 0.254 e. The molecule has 0 bridgehead atoms. The van der Waals surface area contributed by atoms with Gasteiger partial charge in [0.25, 0.3) is 11.8 Å². The summed E-state index contributed by atoms with van der Waals surface area (Å²) in [5.74, 6) is -0.188. The molecule has 2 aliphatic rings. The molecule has 4 nitrogen and oxygen atoms in total. The van der Waals surface area contributed by atoms with E-state index < -0.39 is 0 Å². The first-order chi connectivity index (χ1) is 12.7. The molecular weight excluding hydrogens is 324 g/mol. The third kappa shape index (κ3) is 3.24. The zero-order chi connectivity index (χ0) is 17.9. The number of hydrogen-bond acceptors (Lipinski definition) is 2. The van der Waals surface area contributed by atoms with E-state index >= 15 is 0 Å². The fourth-order valence-electron chi connectivity index (χ4n) is 4.10. The lowest BCUT2D eigenvalue weighted by Crippen LogP contribution is -2.34. The molecular formula is C22H24N2O2. The van der Waals surface area contributed by atoms with Crippen LogP contribution in [-0.2, 0) is 6.42 Å². The van der Waals surface area contributed by atoms with Crippen LogP contribution in [0.1, 0.15) is 63.6 Å². The van der Waals surface area contributed by atoms with Crippen LogP contribution in [0.5, 0.6) is 0 Å². The molecule has 4 heteroatoms. The van der Waals surface area contributed by atoms with Crippen molar-refractivity contribution in [1.29, 1.82) is 0 Å². The van der Waals surface area contributed by atoms with E-state index in [2.05, 4.69) is 17.4 Å². The number of carbonyl (C=O) groups is 2. The summed E-state index contributed by atoms with van der Waals surface area (Å²) in [7, 11) is 0. The fourth-order valence-corrected chi connectivity index (χ4v) is 4.10. The lowest BCUT2D eigenvalue weighted by Gasteiger charge is -2.27. The molecule has 1 unspecified atom stereocenters. The molecule has 0 radical (unpaired) electrons. The van der Waals surface area contributed by atoms with E-state index in [0.717, 1.165) is 45.2 Å². The normalized spacial score (nSPS) is 19.1. The van der Waals surface area contributed by atoms with E-state index in [-0.39, 0.29) is 17.9 Å². The van der Waals surface area contributed by atoms with Crippen LogP contribution in [0, 0.1) is 0 Å². The minimum Gasteiger partial charge on any atom is -0.345 e. The van der Waals surface area contributed by atoms with Crippen LogP contribution in [0.15, 0.2) is 48.5 Å². The van der Waals surface area contributed by atoms with E-state index in [4.69, 9.17) is 0 Å². The van der Waals surface area contributed by atoms with Crippen molar-refractivity contribution in [2.75, 3.05) is 13.1 Å². The molecule has 0 spiro atoms. The minimum atomic E-state index is -0.158. The Kier molecular flexibility index (Phi) is 4.74. The maximum absolute atomic E-state index is 13.0. The Labute approximate surface area is 154 Å². The number of aryl methyl sites for hydroxylation is 1. The van der Waals surface area contributed by atoms with Gasteiger partial charge in [-0.15, -0.1) is 0 Å². The Morgan fingerprint density at radius 2 is 1.58 bits per heavy atom. The van der Waals surface area contributed by atoms with Crippen molar-refractivity contribution in [3.8, 4) is 0 Å². The largest absolute Gasteiger partial charge is 0.345 e. The Bertz CT molecular complexity index is 824. The molecule has 2 aromatic carbocycles. The van der Waals surface area contributed by atoms with Crippen LogP contribution >= 0.6 is 0 Å². The Morgan fingerprint density at radius 3 is 2.38 bits per heavy atom. The number of hydrogen-bond donors (Lipinski definition) is 1. The average molecular weight is 348 g/mol. The highest BCUT2D eigenvalue weighted by Gasteiger charge is 2.26. The SMILES string of the molecule is O=C(NC1CCCc2ccccc21)c1ccccc1C(=O)N1CCCC1. The Morgan fingerprint density at radius 1 is 0.885 bits per heavy atom. The number of nitrogens with one attached hydrogen (secondary N) is 1. The number of rotatable bonds is 3. The first-order valence-corrected chi connectivity index (χ1v) is 9.51. The number of fused-ring (bicyclic) bond motifs is 1. The molecule has 2 amide bonds. The van der Waals surface area contributed by atoms with Gasteiger partial charge in [-0.3, -0.25) is 9.59 Å². The van der Waals surface area contributed by atoms with Crippen molar-refractivity contribution >= 4 is 11.8 Å². The van der Waals surface area contributed by atoms with Gasteiger partial charge in [-0.25, -0.2) is 0 Å². The summed E-state index contributed by atoms with van der Waals surface area (Å²) in [6, 6.07) is 15.5. The molecule has 1 N–H and O–H groups in total. The molecule has 26 heavy (non-hydrogen) atoms. The van der Waals surface area contributed by atoms with E-state index in [9.17, 15) is 9.59 Å². The molecule has 4 rings (SSSR count). The number of carbonyl (C=O) groups excluding carboxylic acids is 2. The van der Waals surface area contributed by atoms with Gasteiger partial charge >= 0.3 is 0 Å². The standard InChI is InChI=1S/C22H24N2O2/c25-21(23-20-13-7-9-16-8-1-2-10-17(16)20)18-11-3-4-12-19(18)22(26)24-14-5-6-15-24/h1-4,8,10-12,20H,5-7,9,13-15H2,(H,23,25). The summed E-state index contributed by atoms with van der Waals surface area (Å²) < 4.78 is 0. The van der Waals surface area contributed by atoms with Crippen molar-refractivity contribution in [3.63, 3.8) is 0 Å². The number of likely N-dealkylation sites (tertiary alicyclic amines) is 1. The third-order valence-electron chi connectivity index (χ3n) is 5.47. The number of amides is 2. The highest BCUT2D eigenvalue weighted by atomic mass is 16.2. The number of benzene rings is 2. The molecule has 1 heterocycles. The molecule has 0 saturated carbocycles. The van der Waals surface area contributed by atoms with Crippen LogP contribution in [0.4, 0.5) is 0 Å². The first kappa shape index (κ1) is 16.8. The maximum atomic E-state index is 13.0. The summed E-state index contributed by atoms with van der Waals surface area (Å²) in [6.07, 6.45) is 5.14. The first-order valence-electron chi connectivity index (χ1n) is 9.51. The lowest BCUT2D eigenvalue weighted by molar-refractivity contribution is 0.0784.